The molecule has 2 aromatic carbocycles. The Hall–Kier alpha value is -2.64. The summed E-state index contributed by atoms with van der Waals surface area (Å²) in [5.74, 6) is 1.01. The van der Waals surface area contributed by atoms with E-state index in [1.165, 1.54) is 17.3 Å². The molecule has 1 heterocycles. The van der Waals surface area contributed by atoms with Crippen molar-refractivity contribution in [2.75, 3.05) is 24.8 Å². The van der Waals surface area contributed by atoms with E-state index in [1.807, 2.05) is 31.2 Å². The van der Waals surface area contributed by atoms with E-state index >= 15 is 0 Å². The molecule has 0 fully saturated rings. The molecule has 1 amide bonds. The molecule has 0 radical (unpaired) electrons. The summed E-state index contributed by atoms with van der Waals surface area (Å²) in [5, 5.41) is 12.6. The average Bonchev–Trinajstić information content (AvgIpc) is 3.16. The first-order valence-corrected chi connectivity index (χ1v) is 11.8. The Bertz CT molecular complexity index is 1040. The number of hydrogen-bond acceptors (Lipinski definition) is 5. The predicted octanol–water partition coefficient (Wildman–Crippen LogP) is 5.32. The van der Waals surface area contributed by atoms with Gasteiger partial charge >= 0.3 is 0 Å². The number of para-hydroxylation sites is 1. The maximum Gasteiger partial charge on any atom is 0.234 e. The zero-order valence-electron chi connectivity index (χ0n) is 19.5. The summed E-state index contributed by atoms with van der Waals surface area (Å²) >= 11 is 1.40. The van der Waals surface area contributed by atoms with Gasteiger partial charge in [-0.15, -0.1) is 10.2 Å². The minimum Gasteiger partial charge on any atom is -0.385 e. The summed E-state index contributed by atoms with van der Waals surface area (Å²) in [7, 11) is 1.70. The fourth-order valence-corrected chi connectivity index (χ4v) is 4.09. The number of nitrogens with one attached hydrogen (secondary N) is 1. The summed E-state index contributed by atoms with van der Waals surface area (Å²) in [6.07, 6.45) is 0.838. The standard InChI is InChI=1S/C25H32N4O2S/c1-18-9-6-7-10-21(18)26-22(30)17-32-24-28-27-23(29(24)15-8-16-31-5)19-11-13-20(14-12-19)25(2,3)4/h6-7,9-14H,8,15-17H2,1-5H3,(H,26,30). The first kappa shape index (κ1) is 24.0. The van der Waals surface area contributed by atoms with Crippen molar-refractivity contribution >= 4 is 23.4 Å². The molecule has 0 unspecified atom stereocenters. The highest BCUT2D eigenvalue weighted by Gasteiger charge is 2.18. The summed E-state index contributed by atoms with van der Waals surface area (Å²) in [6.45, 7) is 9.95. The van der Waals surface area contributed by atoms with Crippen LogP contribution < -0.4 is 5.32 Å². The number of rotatable bonds is 9. The molecule has 32 heavy (non-hydrogen) atoms. The van der Waals surface area contributed by atoms with Gasteiger partial charge in [-0.3, -0.25) is 4.79 Å². The number of nitrogens with zero attached hydrogens (tertiary/aromatic N) is 3. The maximum atomic E-state index is 12.5. The van der Waals surface area contributed by atoms with E-state index in [-0.39, 0.29) is 17.1 Å². The minimum atomic E-state index is -0.0631. The van der Waals surface area contributed by atoms with E-state index in [9.17, 15) is 4.79 Å². The van der Waals surface area contributed by atoms with Crippen LogP contribution >= 0.6 is 11.8 Å². The minimum absolute atomic E-state index is 0.0631. The Labute approximate surface area is 194 Å². The second-order valence-electron chi connectivity index (χ2n) is 8.78. The number of thioether (sulfide) groups is 1. The lowest BCUT2D eigenvalue weighted by atomic mass is 9.87. The third-order valence-electron chi connectivity index (χ3n) is 5.21. The topological polar surface area (TPSA) is 69.0 Å². The second kappa shape index (κ2) is 10.8. The van der Waals surface area contributed by atoms with Gasteiger partial charge in [0.25, 0.3) is 0 Å². The molecule has 0 atom stereocenters. The molecule has 1 aromatic heterocycles. The highest BCUT2D eigenvalue weighted by Crippen LogP contribution is 2.28. The van der Waals surface area contributed by atoms with E-state index in [2.05, 4.69) is 65.1 Å². The van der Waals surface area contributed by atoms with Crippen molar-refractivity contribution in [3.63, 3.8) is 0 Å². The number of carbonyl (C=O) groups excluding carboxylic acids is 1. The third kappa shape index (κ3) is 6.20. The number of aromatic nitrogens is 3. The van der Waals surface area contributed by atoms with Crippen LogP contribution in [0.3, 0.4) is 0 Å². The van der Waals surface area contributed by atoms with Crippen LogP contribution in [0.25, 0.3) is 11.4 Å². The van der Waals surface area contributed by atoms with Gasteiger partial charge in [0.05, 0.1) is 5.75 Å². The first-order chi connectivity index (χ1) is 15.3. The average molecular weight is 453 g/mol. The van der Waals surface area contributed by atoms with Gasteiger partial charge in [-0.2, -0.15) is 0 Å². The molecule has 1 N–H and O–H groups in total. The molecule has 0 spiro atoms. The summed E-state index contributed by atoms with van der Waals surface area (Å²) in [6, 6.07) is 16.2. The monoisotopic (exact) mass is 452 g/mol. The third-order valence-corrected chi connectivity index (χ3v) is 6.17. The van der Waals surface area contributed by atoms with E-state index < -0.39 is 0 Å². The lowest BCUT2D eigenvalue weighted by Crippen LogP contribution is -2.15. The van der Waals surface area contributed by atoms with Crippen molar-refractivity contribution in [2.45, 2.75) is 51.2 Å². The maximum absolute atomic E-state index is 12.5. The van der Waals surface area contributed by atoms with Crippen molar-refractivity contribution in [3.8, 4) is 11.4 Å². The van der Waals surface area contributed by atoms with Crippen molar-refractivity contribution in [1.82, 2.24) is 14.8 Å². The Morgan fingerprint density at radius 2 is 1.81 bits per heavy atom. The molecule has 3 aromatic rings. The van der Waals surface area contributed by atoms with Gasteiger partial charge in [-0.25, -0.2) is 0 Å². The zero-order chi connectivity index (χ0) is 23.1. The molecular weight excluding hydrogens is 420 g/mol. The highest BCUT2D eigenvalue weighted by atomic mass is 32.2. The van der Waals surface area contributed by atoms with E-state index in [0.717, 1.165) is 40.8 Å². The normalized spacial score (nSPS) is 11.5. The molecule has 0 aliphatic rings. The number of methoxy groups -OCH3 is 1. The Morgan fingerprint density at radius 3 is 2.47 bits per heavy atom. The van der Waals surface area contributed by atoms with E-state index in [1.54, 1.807) is 7.11 Å². The van der Waals surface area contributed by atoms with Crippen LogP contribution in [0.15, 0.2) is 53.7 Å². The van der Waals surface area contributed by atoms with Gasteiger partial charge < -0.3 is 14.6 Å². The fourth-order valence-electron chi connectivity index (χ4n) is 3.33. The van der Waals surface area contributed by atoms with E-state index in [4.69, 9.17) is 4.74 Å². The highest BCUT2D eigenvalue weighted by molar-refractivity contribution is 7.99. The quantitative estimate of drug-likeness (QED) is 0.352. The number of anilines is 1. The SMILES string of the molecule is COCCCn1c(SCC(=O)Nc2ccccc2C)nnc1-c1ccc(C(C)(C)C)cc1. The number of amides is 1. The smallest absolute Gasteiger partial charge is 0.234 e. The van der Waals surface area contributed by atoms with Gasteiger partial charge in [0.1, 0.15) is 0 Å². The molecule has 0 aliphatic carbocycles. The van der Waals surface area contributed by atoms with Gasteiger partial charge in [0.15, 0.2) is 11.0 Å². The molecule has 0 aliphatic heterocycles. The van der Waals surface area contributed by atoms with Crippen LogP contribution in [0.1, 0.15) is 38.3 Å². The molecule has 0 saturated carbocycles. The zero-order valence-corrected chi connectivity index (χ0v) is 20.3. The Balaban J connectivity index is 1.76. The van der Waals surface area contributed by atoms with Crippen LogP contribution in [-0.2, 0) is 21.5 Å². The van der Waals surface area contributed by atoms with E-state index in [0.29, 0.717) is 6.61 Å². The summed E-state index contributed by atoms with van der Waals surface area (Å²) in [4.78, 5) is 12.5. The second-order valence-corrected chi connectivity index (χ2v) is 9.73. The van der Waals surface area contributed by atoms with Crippen LogP contribution in [0.2, 0.25) is 0 Å². The van der Waals surface area contributed by atoms with Crippen LogP contribution in [0, 0.1) is 6.92 Å². The van der Waals surface area contributed by atoms with Crippen molar-refractivity contribution < 1.29 is 9.53 Å². The number of hydrogen-bond donors (Lipinski definition) is 1. The van der Waals surface area contributed by atoms with Gasteiger partial charge in [-0.05, 0) is 36.0 Å². The number of carbonyl (C=O) groups is 1. The Morgan fingerprint density at radius 1 is 1.09 bits per heavy atom. The van der Waals surface area contributed by atoms with Crippen molar-refractivity contribution in [1.29, 1.82) is 0 Å². The molecule has 170 valence electrons. The molecular formula is C25H32N4O2S. The fraction of sp³-hybridized carbons (Fsp3) is 0.400. The predicted molar refractivity (Wildman–Crippen MR) is 131 cm³/mol. The summed E-state index contributed by atoms with van der Waals surface area (Å²) in [5.41, 5.74) is 4.25. The van der Waals surface area contributed by atoms with Crippen molar-refractivity contribution in [3.05, 3.63) is 59.7 Å². The van der Waals surface area contributed by atoms with Gasteiger partial charge in [0.2, 0.25) is 5.91 Å². The largest absolute Gasteiger partial charge is 0.385 e. The first-order valence-electron chi connectivity index (χ1n) is 10.8. The molecule has 0 bridgehead atoms. The molecule has 3 rings (SSSR count). The lowest BCUT2D eigenvalue weighted by Gasteiger charge is -2.19. The van der Waals surface area contributed by atoms with Gasteiger partial charge in [-0.1, -0.05) is 75.0 Å². The number of aryl methyl sites for hydroxylation is 1. The van der Waals surface area contributed by atoms with Crippen LogP contribution in [-0.4, -0.2) is 40.1 Å². The van der Waals surface area contributed by atoms with Crippen molar-refractivity contribution in [2.24, 2.45) is 0 Å². The van der Waals surface area contributed by atoms with Crippen LogP contribution in [0.5, 0.6) is 0 Å². The number of ether oxygens (including phenoxy) is 1. The Kier molecular flexibility index (Phi) is 8.10. The van der Waals surface area contributed by atoms with Crippen LogP contribution in [0.4, 0.5) is 5.69 Å². The number of benzene rings is 2. The van der Waals surface area contributed by atoms with Gasteiger partial charge in [0, 0.05) is 31.5 Å². The molecule has 0 saturated heterocycles. The molecule has 6 nitrogen and oxygen atoms in total. The lowest BCUT2D eigenvalue weighted by molar-refractivity contribution is -0.113. The molecule has 7 heteroatoms. The summed E-state index contributed by atoms with van der Waals surface area (Å²) < 4.78 is 7.31.